The minimum atomic E-state index is -1.34. The topological polar surface area (TPSA) is 100 Å². The molecule has 0 bridgehead atoms. The van der Waals surface area contributed by atoms with Crippen LogP contribution in [0.2, 0.25) is 5.02 Å². The molecule has 0 saturated heterocycles. The Morgan fingerprint density at radius 1 is 0.976 bits per heavy atom. The Morgan fingerprint density at radius 3 is 2.27 bits per heavy atom. The van der Waals surface area contributed by atoms with Crippen molar-refractivity contribution < 1.29 is 19.0 Å². The summed E-state index contributed by atoms with van der Waals surface area (Å²) in [6.45, 7) is 0.458. The van der Waals surface area contributed by atoms with E-state index in [1.54, 1.807) is 0 Å². The number of carboxylic acid groups (broad SMARTS) is 1. The monoisotopic (exact) mass is 568 g/mol. The lowest BCUT2D eigenvalue weighted by Gasteiger charge is -2.25. The van der Waals surface area contributed by atoms with Gasteiger partial charge in [0.15, 0.2) is 0 Å². The number of rotatable bonds is 11. The molecule has 0 aliphatic heterocycles. The quantitative estimate of drug-likeness (QED) is 0.0986. The van der Waals surface area contributed by atoms with E-state index in [9.17, 15) is 9.18 Å². The highest BCUT2D eigenvalue weighted by molar-refractivity contribution is 6.31. The maximum absolute atomic E-state index is 14.2. The average molecular weight is 569 g/mol. The summed E-state index contributed by atoms with van der Waals surface area (Å²) in [4.78, 5) is 14.1. The fourth-order valence-electron chi connectivity index (χ4n) is 5.24. The Bertz CT molecular complexity index is 1700. The highest BCUT2D eigenvalue weighted by Gasteiger charge is 2.25. The second kappa shape index (κ2) is 12.6. The molecule has 5 aromatic rings. The molecule has 5 rings (SSSR count). The number of carbonyl (C=O) groups is 1. The van der Waals surface area contributed by atoms with Gasteiger partial charge in [0.2, 0.25) is 0 Å². The van der Waals surface area contributed by atoms with Crippen molar-refractivity contribution >= 4 is 28.5 Å². The summed E-state index contributed by atoms with van der Waals surface area (Å²) in [5.74, 6) is -1.96. The average Bonchev–Trinajstić information content (AvgIpc) is 3.26. The maximum Gasteiger partial charge on any atom is 0.338 e. The minimum Gasteiger partial charge on any atom is -0.493 e. The van der Waals surface area contributed by atoms with Crippen LogP contribution in [-0.2, 0) is 12.8 Å². The third-order valence-electron chi connectivity index (χ3n) is 6.97. The van der Waals surface area contributed by atoms with Gasteiger partial charge in [0.05, 0.1) is 18.2 Å². The van der Waals surface area contributed by atoms with Gasteiger partial charge in [0.25, 0.3) is 0 Å². The summed E-state index contributed by atoms with van der Waals surface area (Å²) in [5.41, 5.74) is 13.7. The smallest absolute Gasteiger partial charge is 0.338 e. The molecule has 0 aliphatic carbocycles. The van der Waals surface area contributed by atoms with Crippen LogP contribution in [0.4, 0.5) is 4.39 Å². The zero-order chi connectivity index (χ0) is 28.8. The molecule has 0 atom stereocenters. The molecule has 0 aliphatic rings. The van der Waals surface area contributed by atoms with Crippen molar-refractivity contribution in [1.29, 1.82) is 0 Å². The predicted molar refractivity (Wildman–Crippen MR) is 157 cm³/mol. The number of azide groups is 1. The summed E-state index contributed by atoms with van der Waals surface area (Å²) < 4.78 is 22.4. The molecule has 0 radical (unpaired) electrons. The number of aromatic carboxylic acids is 1. The maximum atomic E-state index is 14.2. The molecule has 1 heterocycles. The van der Waals surface area contributed by atoms with Gasteiger partial charge in [-0.25, -0.2) is 9.18 Å². The standard InChI is InChI=1S/C32H26ClFN4O3/c33-23-11-14-29-27(19-23)25(16-18-41-24-12-13-26(32(39)40)28(34)20-24)30(15-17-36-37-35)38(29)31(21-7-3-1-4-8-21)22-9-5-2-6-10-22/h1-14,19-20,31H,15-18H2,(H,39,40). The third-order valence-corrected chi connectivity index (χ3v) is 7.21. The van der Waals surface area contributed by atoms with Crippen molar-refractivity contribution in [3.05, 3.63) is 146 Å². The molecule has 1 aromatic heterocycles. The molecule has 9 heteroatoms. The fourth-order valence-corrected chi connectivity index (χ4v) is 5.42. The lowest BCUT2D eigenvalue weighted by atomic mass is 9.97. The van der Waals surface area contributed by atoms with Gasteiger partial charge in [-0.05, 0) is 59.0 Å². The van der Waals surface area contributed by atoms with E-state index in [4.69, 9.17) is 27.0 Å². The van der Waals surface area contributed by atoms with Gasteiger partial charge >= 0.3 is 5.97 Å². The zero-order valence-electron chi connectivity index (χ0n) is 22.0. The van der Waals surface area contributed by atoms with Crippen LogP contribution in [0.15, 0.2) is 102 Å². The SMILES string of the molecule is [N-]=[N+]=NCCc1c(CCOc2ccc(C(=O)O)c(F)c2)c2cc(Cl)ccc2n1C(c1ccccc1)c1ccccc1. The molecule has 41 heavy (non-hydrogen) atoms. The van der Waals surface area contributed by atoms with Gasteiger partial charge in [-0.3, -0.25) is 0 Å². The van der Waals surface area contributed by atoms with Crippen LogP contribution in [0.5, 0.6) is 5.75 Å². The van der Waals surface area contributed by atoms with Crippen LogP contribution < -0.4 is 4.74 Å². The van der Waals surface area contributed by atoms with Crippen molar-refractivity contribution in [3.8, 4) is 5.75 Å². The number of benzene rings is 4. The van der Waals surface area contributed by atoms with Gasteiger partial charge in [-0.1, -0.05) is 77.4 Å². The van der Waals surface area contributed by atoms with Crippen molar-refractivity contribution in [2.45, 2.75) is 18.9 Å². The molecule has 0 saturated carbocycles. The van der Waals surface area contributed by atoms with Crippen LogP contribution >= 0.6 is 11.6 Å². The zero-order valence-corrected chi connectivity index (χ0v) is 22.7. The second-order valence-corrected chi connectivity index (χ2v) is 9.87. The molecule has 0 unspecified atom stereocenters. The molecule has 4 aromatic carbocycles. The normalized spacial score (nSPS) is 11.0. The van der Waals surface area contributed by atoms with Gasteiger partial charge in [0.1, 0.15) is 11.6 Å². The summed E-state index contributed by atoms with van der Waals surface area (Å²) in [7, 11) is 0. The minimum absolute atomic E-state index is 0.172. The predicted octanol–water partition coefficient (Wildman–Crippen LogP) is 8.24. The lowest BCUT2D eigenvalue weighted by Crippen LogP contribution is -2.16. The Kier molecular flexibility index (Phi) is 8.53. The van der Waals surface area contributed by atoms with Crippen LogP contribution in [0.25, 0.3) is 21.3 Å². The van der Waals surface area contributed by atoms with Crippen molar-refractivity contribution in [2.75, 3.05) is 13.2 Å². The van der Waals surface area contributed by atoms with E-state index >= 15 is 0 Å². The highest BCUT2D eigenvalue weighted by atomic mass is 35.5. The van der Waals surface area contributed by atoms with Gasteiger partial charge < -0.3 is 14.4 Å². The number of aromatic nitrogens is 1. The Hall–Kier alpha value is -4.78. The first-order chi connectivity index (χ1) is 20.0. The number of carboxylic acids is 1. The molecular weight excluding hydrogens is 543 g/mol. The number of halogens is 2. The molecule has 0 amide bonds. The molecule has 206 valence electrons. The first-order valence-corrected chi connectivity index (χ1v) is 13.4. The first-order valence-electron chi connectivity index (χ1n) is 13.1. The van der Waals surface area contributed by atoms with Crippen LogP contribution in [0.1, 0.15) is 38.8 Å². The second-order valence-electron chi connectivity index (χ2n) is 9.43. The number of ether oxygens (including phenoxy) is 1. The van der Waals surface area contributed by atoms with Gasteiger partial charge in [0, 0.05) is 45.6 Å². The number of hydrogen-bond donors (Lipinski definition) is 1. The molecule has 0 fully saturated rings. The lowest BCUT2D eigenvalue weighted by molar-refractivity contribution is 0.0692. The van der Waals surface area contributed by atoms with Crippen molar-refractivity contribution in [1.82, 2.24) is 4.57 Å². The Labute approximate surface area is 241 Å². The van der Waals surface area contributed by atoms with Gasteiger partial charge in [-0.2, -0.15) is 0 Å². The van der Waals surface area contributed by atoms with E-state index in [0.29, 0.717) is 17.9 Å². The van der Waals surface area contributed by atoms with E-state index in [0.717, 1.165) is 39.4 Å². The van der Waals surface area contributed by atoms with E-state index in [1.807, 2.05) is 54.6 Å². The number of fused-ring (bicyclic) bond motifs is 1. The largest absolute Gasteiger partial charge is 0.493 e. The fraction of sp³-hybridized carbons (Fsp3) is 0.156. The van der Waals surface area contributed by atoms with Crippen LogP contribution in [0.3, 0.4) is 0 Å². The first kappa shape index (κ1) is 27.8. The number of hydrogen-bond acceptors (Lipinski definition) is 3. The molecule has 1 N–H and O–H groups in total. The third kappa shape index (κ3) is 6.04. The molecule has 0 spiro atoms. The van der Waals surface area contributed by atoms with E-state index in [1.165, 1.54) is 12.1 Å². The van der Waals surface area contributed by atoms with E-state index in [2.05, 4.69) is 38.9 Å². The van der Waals surface area contributed by atoms with Crippen molar-refractivity contribution in [3.63, 3.8) is 0 Å². The Balaban J connectivity index is 1.62. The van der Waals surface area contributed by atoms with Crippen LogP contribution in [0, 0.1) is 5.82 Å². The van der Waals surface area contributed by atoms with E-state index < -0.39 is 17.3 Å². The van der Waals surface area contributed by atoms with Gasteiger partial charge in [-0.15, -0.1) is 0 Å². The van der Waals surface area contributed by atoms with Crippen molar-refractivity contribution in [2.24, 2.45) is 5.11 Å². The van der Waals surface area contributed by atoms with Crippen LogP contribution in [-0.4, -0.2) is 28.8 Å². The summed E-state index contributed by atoms with van der Waals surface area (Å²) >= 11 is 6.48. The summed E-state index contributed by atoms with van der Waals surface area (Å²) in [5, 5.41) is 14.5. The highest BCUT2D eigenvalue weighted by Crippen LogP contribution is 2.38. The Morgan fingerprint density at radius 2 is 1.66 bits per heavy atom. The number of nitrogens with zero attached hydrogens (tertiary/aromatic N) is 4. The molecular formula is C32H26ClFN4O3. The summed E-state index contributed by atoms with van der Waals surface area (Å²) in [6.07, 6.45) is 0.928. The summed E-state index contributed by atoms with van der Waals surface area (Å²) in [6, 6.07) is 29.7. The van der Waals surface area contributed by atoms with E-state index in [-0.39, 0.29) is 24.9 Å². The molecule has 7 nitrogen and oxygen atoms in total.